The first-order chi connectivity index (χ1) is 13.9. The van der Waals surface area contributed by atoms with E-state index in [1.807, 2.05) is 6.92 Å². The molecule has 2 aromatic carbocycles. The fraction of sp³-hybridized carbons (Fsp3) is 0.381. The van der Waals surface area contributed by atoms with Gasteiger partial charge in [-0.15, -0.1) is 0 Å². The molecule has 3 rings (SSSR count). The van der Waals surface area contributed by atoms with E-state index in [4.69, 9.17) is 25.8 Å². The lowest BCUT2D eigenvalue weighted by Gasteiger charge is -2.40. The second-order valence-electron chi connectivity index (χ2n) is 6.66. The number of rotatable bonds is 6. The molecular formula is C21H23ClO7. The lowest BCUT2D eigenvalue weighted by molar-refractivity contribution is -0.292. The summed E-state index contributed by atoms with van der Waals surface area (Å²) >= 11 is 6.24. The molecule has 0 amide bonds. The smallest absolute Gasteiger partial charge is 0.194 e. The van der Waals surface area contributed by atoms with Crippen LogP contribution in [0.4, 0.5) is 0 Å². The number of aliphatic hydroxyl groups is 3. The molecule has 0 radical (unpaired) electrons. The Labute approximate surface area is 173 Å². The van der Waals surface area contributed by atoms with Crippen molar-refractivity contribution in [2.45, 2.75) is 37.6 Å². The van der Waals surface area contributed by atoms with Crippen molar-refractivity contribution in [3.63, 3.8) is 0 Å². The van der Waals surface area contributed by atoms with Gasteiger partial charge in [-0.3, -0.25) is 4.79 Å². The number of halogens is 1. The normalized spacial score (nSPS) is 26.9. The highest BCUT2D eigenvalue weighted by Gasteiger charge is 2.44. The average Bonchev–Trinajstić information content (AvgIpc) is 2.73. The molecule has 156 valence electrons. The molecule has 0 aliphatic carbocycles. The molecule has 0 saturated carbocycles. The van der Waals surface area contributed by atoms with Gasteiger partial charge in [-0.05, 0) is 48.9 Å². The Morgan fingerprint density at radius 1 is 1.07 bits per heavy atom. The van der Waals surface area contributed by atoms with Gasteiger partial charge in [0.1, 0.15) is 30.2 Å². The molecule has 0 unspecified atom stereocenters. The van der Waals surface area contributed by atoms with E-state index in [9.17, 15) is 20.1 Å². The average molecular weight is 423 g/mol. The van der Waals surface area contributed by atoms with Crippen LogP contribution in [0.1, 0.15) is 34.5 Å². The van der Waals surface area contributed by atoms with Crippen LogP contribution in [0.25, 0.3) is 0 Å². The minimum Gasteiger partial charge on any atom is -0.494 e. The van der Waals surface area contributed by atoms with Crippen LogP contribution >= 0.6 is 11.6 Å². The van der Waals surface area contributed by atoms with Crippen molar-refractivity contribution in [2.24, 2.45) is 0 Å². The summed E-state index contributed by atoms with van der Waals surface area (Å²) in [6, 6.07) is 11.3. The van der Waals surface area contributed by atoms with E-state index >= 15 is 0 Å². The minimum atomic E-state index is -1.47. The predicted molar refractivity (Wildman–Crippen MR) is 105 cm³/mol. The second kappa shape index (κ2) is 9.21. The largest absolute Gasteiger partial charge is 0.494 e. The Morgan fingerprint density at radius 3 is 2.38 bits per heavy atom. The Hall–Kier alpha value is -2.00. The highest BCUT2D eigenvalue weighted by atomic mass is 35.5. The standard InChI is InChI=1S/C21H23ClO7/c1-3-28-13-7-4-11(5-8-13)16(23)14-10-12(6-9-15(14)22)20-18(25)17(24)19(26)21(27-2)29-20/h4-10,17-21,24-26H,3H2,1-2H3/t17-,18+,19+,20+,21+/m1/s1. The fourth-order valence-electron chi connectivity index (χ4n) is 3.24. The number of hydrogen-bond acceptors (Lipinski definition) is 7. The molecule has 1 fully saturated rings. The first-order valence-corrected chi connectivity index (χ1v) is 9.54. The number of ether oxygens (including phenoxy) is 3. The maximum atomic E-state index is 12.9. The van der Waals surface area contributed by atoms with Crippen molar-refractivity contribution in [3.05, 3.63) is 64.2 Å². The molecule has 1 aliphatic heterocycles. The SMILES string of the molecule is CCOc1ccc(C(=O)c2cc([C@@H]3O[C@H](OC)[C@@H](O)[C@H](O)[C@@H]3O)ccc2Cl)cc1. The molecule has 7 nitrogen and oxygen atoms in total. The highest BCUT2D eigenvalue weighted by Crippen LogP contribution is 2.34. The van der Waals surface area contributed by atoms with E-state index in [-0.39, 0.29) is 16.4 Å². The predicted octanol–water partition coefficient (Wildman–Crippen LogP) is 2.10. The van der Waals surface area contributed by atoms with Crippen LogP contribution in [0.2, 0.25) is 5.02 Å². The molecule has 1 aliphatic rings. The number of carbonyl (C=O) groups is 1. The quantitative estimate of drug-likeness (QED) is 0.612. The third-order valence-corrected chi connectivity index (χ3v) is 5.12. The van der Waals surface area contributed by atoms with Gasteiger partial charge in [0.15, 0.2) is 12.1 Å². The van der Waals surface area contributed by atoms with Crippen LogP contribution in [0.3, 0.4) is 0 Å². The lowest BCUT2D eigenvalue weighted by atomic mass is 9.92. The van der Waals surface area contributed by atoms with Gasteiger partial charge < -0.3 is 29.5 Å². The Balaban J connectivity index is 1.90. The zero-order valence-electron chi connectivity index (χ0n) is 16.0. The number of benzene rings is 2. The maximum Gasteiger partial charge on any atom is 0.194 e. The van der Waals surface area contributed by atoms with Gasteiger partial charge in [-0.2, -0.15) is 0 Å². The van der Waals surface area contributed by atoms with E-state index < -0.39 is 30.7 Å². The Morgan fingerprint density at radius 2 is 1.76 bits per heavy atom. The van der Waals surface area contributed by atoms with Crippen LogP contribution in [0.15, 0.2) is 42.5 Å². The summed E-state index contributed by atoms with van der Waals surface area (Å²) in [7, 11) is 1.32. The molecule has 1 saturated heterocycles. The van der Waals surface area contributed by atoms with Gasteiger partial charge in [0.05, 0.1) is 11.6 Å². The van der Waals surface area contributed by atoms with E-state index in [2.05, 4.69) is 0 Å². The Kier molecular flexibility index (Phi) is 6.89. The molecule has 8 heteroatoms. The topological polar surface area (TPSA) is 105 Å². The molecule has 2 aromatic rings. The molecule has 0 spiro atoms. The first kappa shape index (κ1) is 21.7. The van der Waals surface area contributed by atoms with Gasteiger partial charge in [0.25, 0.3) is 0 Å². The minimum absolute atomic E-state index is 0.221. The van der Waals surface area contributed by atoms with E-state index in [0.29, 0.717) is 23.5 Å². The van der Waals surface area contributed by atoms with Crippen LogP contribution in [0.5, 0.6) is 5.75 Å². The van der Waals surface area contributed by atoms with Gasteiger partial charge in [-0.25, -0.2) is 0 Å². The summed E-state index contributed by atoms with van der Waals surface area (Å²) in [4.78, 5) is 12.9. The van der Waals surface area contributed by atoms with E-state index in [0.717, 1.165) is 0 Å². The van der Waals surface area contributed by atoms with Gasteiger partial charge in [0.2, 0.25) is 0 Å². The number of ketones is 1. The highest BCUT2D eigenvalue weighted by molar-refractivity contribution is 6.35. The summed E-state index contributed by atoms with van der Waals surface area (Å²) in [6.45, 7) is 2.39. The van der Waals surface area contributed by atoms with Crippen molar-refractivity contribution in [3.8, 4) is 5.75 Å². The fourth-order valence-corrected chi connectivity index (χ4v) is 3.44. The van der Waals surface area contributed by atoms with Crippen molar-refractivity contribution in [2.75, 3.05) is 13.7 Å². The van der Waals surface area contributed by atoms with Crippen LogP contribution in [0, 0.1) is 0 Å². The van der Waals surface area contributed by atoms with Crippen molar-refractivity contribution < 1.29 is 34.3 Å². The zero-order valence-corrected chi connectivity index (χ0v) is 16.7. The molecule has 0 bridgehead atoms. The monoisotopic (exact) mass is 422 g/mol. The third-order valence-electron chi connectivity index (χ3n) is 4.79. The third kappa shape index (κ3) is 4.45. The van der Waals surface area contributed by atoms with Gasteiger partial charge in [-0.1, -0.05) is 17.7 Å². The molecule has 0 aromatic heterocycles. The lowest BCUT2D eigenvalue weighted by Crippen LogP contribution is -2.54. The van der Waals surface area contributed by atoms with Crippen molar-refractivity contribution in [1.82, 2.24) is 0 Å². The van der Waals surface area contributed by atoms with Crippen LogP contribution < -0.4 is 4.74 Å². The van der Waals surface area contributed by atoms with Gasteiger partial charge in [0, 0.05) is 18.2 Å². The van der Waals surface area contributed by atoms with Gasteiger partial charge >= 0.3 is 0 Å². The van der Waals surface area contributed by atoms with Crippen LogP contribution in [-0.2, 0) is 9.47 Å². The van der Waals surface area contributed by atoms with Crippen molar-refractivity contribution >= 4 is 17.4 Å². The molecule has 3 N–H and O–H groups in total. The molecule has 5 atom stereocenters. The molecule has 1 heterocycles. The molecular weight excluding hydrogens is 400 g/mol. The number of hydrogen-bond donors (Lipinski definition) is 3. The van der Waals surface area contributed by atoms with Crippen LogP contribution in [-0.4, -0.2) is 59.4 Å². The molecule has 29 heavy (non-hydrogen) atoms. The first-order valence-electron chi connectivity index (χ1n) is 9.16. The summed E-state index contributed by atoms with van der Waals surface area (Å²) < 4.78 is 16.0. The van der Waals surface area contributed by atoms with E-state index in [1.165, 1.54) is 19.2 Å². The summed E-state index contributed by atoms with van der Waals surface area (Å²) in [6.07, 6.45) is -6.42. The number of methoxy groups -OCH3 is 1. The number of aliphatic hydroxyl groups excluding tert-OH is 3. The summed E-state index contributed by atoms with van der Waals surface area (Å²) in [5.74, 6) is 0.342. The summed E-state index contributed by atoms with van der Waals surface area (Å²) in [5, 5.41) is 30.6. The number of carbonyl (C=O) groups excluding carboxylic acids is 1. The summed E-state index contributed by atoms with van der Waals surface area (Å²) in [5.41, 5.74) is 1.06. The van der Waals surface area contributed by atoms with E-state index in [1.54, 1.807) is 30.3 Å². The second-order valence-corrected chi connectivity index (χ2v) is 7.07. The maximum absolute atomic E-state index is 12.9. The zero-order chi connectivity index (χ0) is 21.1. The van der Waals surface area contributed by atoms with Crippen molar-refractivity contribution in [1.29, 1.82) is 0 Å². The Bertz CT molecular complexity index is 853.